The third kappa shape index (κ3) is 9.61. The van der Waals surface area contributed by atoms with Gasteiger partial charge in [-0.15, -0.1) is 0 Å². The van der Waals surface area contributed by atoms with Crippen LogP contribution < -0.4 is 27.4 Å². The number of phenols is 1. The van der Waals surface area contributed by atoms with Gasteiger partial charge in [0.1, 0.15) is 23.9 Å². The van der Waals surface area contributed by atoms with Crippen LogP contribution in [0.1, 0.15) is 24.5 Å². The number of aromatic hydroxyl groups is 1. The van der Waals surface area contributed by atoms with Crippen LogP contribution in [0.15, 0.2) is 54.6 Å². The number of phenolic OH excluding ortho intramolecular Hbond substituents is 1. The van der Waals surface area contributed by atoms with Crippen LogP contribution in [0.25, 0.3) is 0 Å². The SMILES string of the molecule is CC(NC(=O)C(Cc1ccc(O)cc1)NC(=O)C(N)Cc1ccccc1)C(=O)NC(CC(N)=O)C(=O)O. The molecular formula is C25H31N5O7. The van der Waals surface area contributed by atoms with Crippen molar-refractivity contribution in [1.82, 2.24) is 16.0 Å². The van der Waals surface area contributed by atoms with Gasteiger partial charge in [-0.3, -0.25) is 19.2 Å². The molecule has 2 aromatic carbocycles. The number of carboxylic acids is 1. The van der Waals surface area contributed by atoms with Gasteiger partial charge in [0.25, 0.3) is 0 Å². The van der Waals surface area contributed by atoms with E-state index in [-0.39, 0.29) is 18.6 Å². The fourth-order valence-electron chi connectivity index (χ4n) is 3.39. The standard InChI is InChI=1S/C25H31N5O7/c1-14(22(33)30-20(25(36)37)13-21(27)32)28-24(35)19(12-16-7-9-17(31)10-8-16)29-23(34)18(26)11-15-5-3-2-4-6-15/h2-10,14,18-20,31H,11-13,26H2,1H3,(H2,27,32)(H,28,35)(H,29,34)(H,30,33)(H,36,37). The Hall–Kier alpha value is -4.45. The number of carbonyl (C=O) groups excluding carboxylic acids is 4. The lowest BCUT2D eigenvalue weighted by Crippen LogP contribution is -2.57. The van der Waals surface area contributed by atoms with Crippen LogP contribution in [0.5, 0.6) is 5.75 Å². The molecule has 0 spiro atoms. The van der Waals surface area contributed by atoms with E-state index in [1.165, 1.54) is 19.1 Å². The van der Waals surface area contributed by atoms with Crippen molar-refractivity contribution in [2.75, 3.05) is 0 Å². The second-order valence-corrected chi connectivity index (χ2v) is 8.53. The number of aliphatic carboxylic acids is 1. The second-order valence-electron chi connectivity index (χ2n) is 8.53. The van der Waals surface area contributed by atoms with E-state index in [1.54, 1.807) is 12.1 Å². The summed E-state index contributed by atoms with van der Waals surface area (Å²) in [5.74, 6) is -4.54. The van der Waals surface area contributed by atoms with E-state index in [0.29, 0.717) is 5.56 Å². The zero-order chi connectivity index (χ0) is 27.5. The van der Waals surface area contributed by atoms with Crippen LogP contribution in [0.2, 0.25) is 0 Å². The molecule has 0 radical (unpaired) electrons. The van der Waals surface area contributed by atoms with Gasteiger partial charge < -0.3 is 37.6 Å². The number of carboxylic acid groups (broad SMARTS) is 1. The average molecular weight is 514 g/mol. The summed E-state index contributed by atoms with van der Waals surface area (Å²) in [5.41, 5.74) is 12.5. The number of nitrogens with two attached hydrogens (primary N) is 2. The highest BCUT2D eigenvalue weighted by atomic mass is 16.4. The van der Waals surface area contributed by atoms with Gasteiger partial charge in [-0.25, -0.2) is 4.79 Å². The molecule has 0 fully saturated rings. The number of hydrogen-bond acceptors (Lipinski definition) is 7. The maximum atomic E-state index is 13.1. The predicted molar refractivity (Wildman–Crippen MR) is 133 cm³/mol. The van der Waals surface area contributed by atoms with E-state index in [2.05, 4.69) is 16.0 Å². The van der Waals surface area contributed by atoms with Gasteiger partial charge in [-0.1, -0.05) is 42.5 Å². The molecule has 2 aromatic rings. The number of hydrogen-bond donors (Lipinski definition) is 7. The summed E-state index contributed by atoms with van der Waals surface area (Å²) in [6.07, 6.45) is -0.375. The van der Waals surface area contributed by atoms with Gasteiger partial charge in [-0.2, -0.15) is 0 Å². The first-order chi connectivity index (χ1) is 17.5. The Balaban J connectivity index is 2.11. The highest BCUT2D eigenvalue weighted by molar-refractivity contribution is 5.94. The highest BCUT2D eigenvalue weighted by Gasteiger charge is 2.29. The molecule has 9 N–H and O–H groups in total. The average Bonchev–Trinajstić information content (AvgIpc) is 2.84. The Morgan fingerprint density at radius 2 is 1.35 bits per heavy atom. The molecule has 0 saturated heterocycles. The van der Waals surface area contributed by atoms with Crippen molar-refractivity contribution >= 4 is 29.6 Å². The van der Waals surface area contributed by atoms with Gasteiger partial charge in [0.2, 0.25) is 23.6 Å². The minimum Gasteiger partial charge on any atom is -0.508 e. The number of nitrogens with one attached hydrogen (secondary N) is 3. The van der Waals surface area contributed by atoms with E-state index in [0.717, 1.165) is 5.56 Å². The summed E-state index contributed by atoms with van der Waals surface area (Å²) in [6, 6.07) is 10.2. The monoisotopic (exact) mass is 513 g/mol. The minimum atomic E-state index is -1.56. The summed E-state index contributed by atoms with van der Waals surface area (Å²) < 4.78 is 0. The first kappa shape index (κ1) is 28.8. The van der Waals surface area contributed by atoms with Crippen LogP contribution in [0.4, 0.5) is 0 Å². The molecule has 0 aromatic heterocycles. The normalized spacial score (nSPS) is 13.9. The van der Waals surface area contributed by atoms with Crippen molar-refractivity contribution < 1.29 is 34.2 Å². The van der Waals surface area contributed by atoms with Crippen LogP contribution in [-0.4, -0.2) is 64.0 Å². The quantitative estimate of drug-likeness (QED) is 0.175. The fraction of sp³-hybridized carbons (Fsp3) is 0.320. The van der Waals surface area contributed by atoms with Crippen molar-refractivity contribution in [2.45, 2.75) is 50.4 Å². The first-order valence-electron chi connectivity index (χ1n) is 11.5. The third-order valence-corrected chi connectivity index (χ3v) is 5.42. The molecule has 0 bridgehead atoms. The Morgan fingerprint density at radius 1 is 0.784 bits per heavy atom. The number of benzene rings is 2. The summed E-state index contributed by atoms with van der Waals surface area (Å²) in [7, 11) is 0. The molecule has 0 aliphatic heterocycles. The molecule has 2 rings (SSSR count). The van der Waals surface area contributed by atoms with Crippen LogP contribution >= 0.6 is 0 Å². The fourth-order valence-corrected chi connectivity index (χ4v) is 3.39. The summed E-state index contributed by atoms with van der Waals surface area (Å²) in [4.78, 5) is 60.7. The molecule has 0 aliphatic rings. The molecule has 198 valence electrons. The lowest BCUT2D eigenvalue weighted by atomic mass is 10.0. The zero-order valence-corrected chi connectivity index (χ0v) is 20.2. The minimum absolute atomic E-state index is 0.0175. The molecule has 0 heterocycles. The summed E-state index contributed by atoms with van der Waals surface area (Å²) in [5, 5.41) is 25.9. The number of amides is 4. The number of carbonyl (C=O) groups is 5. The lowest BCUT2D eigenvalue weighted by Gasteiger charge is -2.23. The summed E-state index contributed by atoms with van der Waals surface area (Å²) in [6.45, 7) is 1.32. The topological polar surface area (TPSA) is 214 Å². The van der Waals surface area contributed by atoms with Crippen LogP contribution in [0, 0.1) is 0 Å². The van der Waals surface area contributed by atoms with Crippen molar-refractivity contribution in [1.29, 1.82) is 0 Å². The predicted octanol–water partition coefficient (Wildman–Crippen LogP) is -1.06. The maximum Gasteiger partial charge on any atom is 0.326 e. The van der Waals surface area contributed by atoms with Crippen LogP contribution in [0.3, 0.4) is 0 Å². The smallest absolute Gasteiger partial charge is 0.326 e. The largest absolute Gasteiger partial charge is 0.508 e. The van der Waals surface area contributed by atoms with Crippen LogP contribution in [-0.2, 0) is 36.8 Å². The van der Waals surface area contributed by atoms with Gasteiger partial charge in [0.05, 0.1) is 12.5 Å². The van der Waals surface area contributed by atoms with Crippen molar-refractivity contribution in [2.24, 2.45) is 11.5 Å². The molecule has 0 saturated carbocycles. The molecular weight excluding hydrogens is 482 g/mol. The van der Waals surface area contributed by atoms with E-state index in [1.807, 2.05) is 30.3 Å². The molecule has 37 heavy (non-hydrogen) atoms. The third-order valence-electron chi connectivity index (χ3n) is 5.42. The van der Waals surface area contributed by atoms with E-state index < -0.39 is 60.2 Å². The van der Waals surface area contributed by atoms with Gasteiger partial charge in [-0.05, 0) is 36.6 Å². The second kappa shape index (κ2) is 13.6. The highest BCUT2D eigenvalue weighted by Crippen LogP contribution is 2.12. The molecule has 4 amide bonds. The van der Waals surface area contributed by atoms with Gasteiger partial charge in [0.15, 0.2) is 0 Å². The Labute approximate surface area is 213 Å². The van der Waals surface area contributed by atoms with Crippen molar-refractivity contribution in [3.8, 4) is 5.75 Å². The Bertz CT molecular complexity index is 1110. The summed E-state index contributed by atoms with van der Waals surface area (Å²) >= 11 is 0. The van der Waals surface area contributed by atoms with E-state index in [9.17, 15) is 34.2 Å². The van der Waals surface area contributed by atoms with Crippen molar-refractivity contribution in [3.05, 3.63) is 65.7 Å². The van der Waals surface area contributed by atoms with Gasteiger partial charge >= 0.3 is 5.97 Å². The number of rotatable bonds is 13. The lowest BCUT2D eigenvalue weighted by molar-refractivity contribution is -0.143. The Kier molecular flexibility index (Phi) is 10.6. The van der Waals surface area contributed by atoms with E-state index >= 15 is 0 Å². The zero-order valence-electron chi connectivity index (χ0n) is 20.2. The molecule has 12 nitrogen and oxygen atoms in total. The van der Waals surface area contributed by atoms with Gasteiger partial charge in [0, 0.05) is 6.42 Å². The first-order valence-corrected chi connectivity index (χ1v) is 11.5. The number of primary amides is 1. The maximum absolute atomic E-state index is 13.1. The Morgan fingerprint density at radius 3 is 1.92 bits per heavy atom. The molecule has 4 atom stereocenters. The molecule has 0 aliphatic carbocycles. The molecule has 4 unspecified atom stereocenters. The van der Waals surface area contributed by atoms with E-state index in [4.69, 9.17) is 11.5 Å². The van der Waals surface area contributed by atoms with Crippen molar-refractivity contribution in [3.63, 3.8) is 0 Å². The molecule has 12 heteroatoms.